The van der Waals surface area contributed by atoms with Crippen molar-refractivity contribution in [1.82, 2.24) is 10.2 Å². The van der Waals surface area contributed by atoms with Crippen LogP contribution in [0.1, 0.15) is 37.3 Å². The predicted molar refractivity (Wildman–Crippen MR) is 82.8 cm³/mol. The molecule has 1 heterocycles. The van der Waals surface area contributed by atoms with E-state index in [4.69, 9.17) is 0 Å². The van der Waals surface area contributed by atoms with Gasteiger partial charge in [-0.15, -0.1) is 0 Å². The molecule has 1 aliphatic rings. The second kappa shape index (κ2) is 7.44. The van der Waals surface area contributed by atoms with Gasteiger partial charge in [0.15, 0.2) is 0 Å². The van der Waals surface area contributed by atoms with Crippen molar-refractivity contribution in [3.63, 3.8) is 0 Å². The van der Waals surface area contributed by atoms with Crippen LogP contribution in [0.3, 0.4) is 0 Å². The maximum atomic E-state index is 11.9. The summed E-state index contributed by atoms with van der Waals surface area (Å²) in [4.78, 5) is 14.3. The molecule has 2 rings (SSSR count). The van der Waals surface area contributed by atoms with Crippen molar-refractivity contribution in [2.24, 2.45) is 0 Å². The van der Waals surface area contributed by atoms with E-state index in [9.17, 15) is 4.79 Å². The number of amides is 1. The van der Waals surface area contributed by atoms with E-state index in [0.29, 0.717) is 12.5 Å². The lowest BCUT2D eigenvalue weighted by atomic mass is 10.1. The van der Waals surface area contributed by atoms with Gasteiger partial charge < -0.3 is 5.32 Å². The molecule has 0 aliphatic carbocycles. The first-order valence-corrected chi connectivity index (χ1v) is 7.71. The molecule has 1 saturated heterocycles. The third-order valence-corrected chi connectivity index (χ3v) is 4.12. The summed E-state index contributed by atoms with van der Waals surface area (Å²) in [5.41, 5.74) is 2.50. The van der Waals surface area contributed by atoms with Crippen molar-refractivity contribution in [2.45, 2.75) is 45.6 Å². The Morgan fingerprint density at radius 1 is 1.25 bits per heavy atom. The number of carbonyl (C=O) groups excluding carboxylic acids is 1. The summed E-state index contributed by atoms with van der Waals surface area (Å²) in [5.74, 6) is 0.164. The molecule has 1 aromatic carbocycles. The van der Waals surface area contributed by atoms with Gasteiger partial charge in [-0.25, -0.2) is 0 Å². The number of hydrogen-bond donors (Lipinski definition) is 1. The van der Waals surface area contributed by atoms with Crippen LogP contribution >= 0.6 is 0 Å². The maximum absolute atomic E-state index is 11.9. The number of hydrogen-bond acceptors (Lipinski definition) is 2. The monoisotopic (exact) mass is 274 g/mol. The van der Waals surface area contributed by atoms with Gasteiger partial charge in [-0.1, -0.05) is 29.8 Å². The lowest BCUT2D eigenvalue weighted by Gasteiger charge is -2.23. The van der Waals surface area contributed by atoms with E-state index < -0.39 is 0 Å². The lowest BCUT2D eigenvalue weighted by Crippen LogP contribution is -2.40. The second-order valence-electron chi connectivity index (χ2n) is 5.88. The van der Waals surface area contributed by atoms with Crippen molar-refractivity contribution in [1.29, 1.82) is 0 Å². The number of nitrogens with one attached hydrogen (secondary N) is 1. The zero-order chi connectivity index (χ0) is 14.4. The maximum Gasteiger partial charge on any atom is 0.220 e. The molecule has 3 heteroatoms. The van der Waals surface area contributed by atoms with E-state index in [1.54, 1.807) is 0 Å². The van der Waals surface area contributed by atoms with E-state index in [2.05, 4.69) is 48.3 Å². The molecule has 1 fully saturated rings. The van der Waals surface area contributed by atoms with Crippen LogP contribution in [-0.2, 0) is 11.2 Å². The van der Waals surface area contributed by atoms with Gasteiger partial charge in [-0.05, 0) is 51.8 Å². The molecule has 1 N–H and O–H groups in total. The highest BCUT2D eigenvalue weighted by atomic mass is 16.1. The van der Waals surface area contributed by atoms with E-state index >= 15 is 0 Å². The molecule has 1 unspecified atom stereocenters. The van der Waals surface area contributed by atoms with Crippen molar-refractivity contribution in [3.05, 3.63) is 35.4 Å². The zero-order valence-corrected chi connectivity index (χ0v) is 12.7. The van der Waals surface area contributed by atoms with Gasteiger partial charge in [0.1, 0.15) is 0 Å². The highest BCUT2D eigenvalue weighted by molar-refractivity contribution is 5.76. The number of benzene rings is 1. The Morgan fingerprint density at radius 2 is 1.90 bits per heavy atom. The highest BCUT2D eigenvalue weighted by Crippen LogP contribution is 2.11. The third kappa shape index (κ3) is 4.64. The largest absolute Gasteiger partial charge is 0.355 e. The summed E-state index contributed by atoms with van der Waals surface area (Å²) in [5, 5.41) is 3.06. The van der Waals surface area contributed by atoms with Gasteiger partial charge in [-0.3, -0.25) is 9.69 Å². The summed E-state index contributed by atoms with van der Waals surface area (Å²) in [6.45, 7) is 7.41. The fraction of sp³-hybridized carbons (Fsp3) is 0.588. The van der Waals surface area contributed by atoms with Crippen molar-refractivity contribution >= 4 is 5.91 Å². The number of nitrogens with zero attached hydrogens (tertiary/aromatic N) is 1. The Hall–Kier alpha value is -1.35. The van der Waals surface area contributed by atoms with Crippen molar-refractivity contribution in [2.75, 3.05) is 19.6 Å². The van der Waals surface area contributed by atoms with E-state index in [-0.39, 0.29) is 5.91 Å². The Labute approximate surface area is 122 Å². The number of likely N-dealkylation sites (tertiary alicyclic amines) is 1. The fourth-order valence-electron chi connectivity index (χ4n) is 2.67. The summed E-state index contributed by atoms with van der Waals surface area (Å²) in [7, 11) is 0. The molecule has 1 atom stereocenters. The fourth-order valence-corrected chi connectivity index (χ4v) is 2.67. The summed E-state index contributed by atoms with van der Waals surface area (Å²) in [6.07, 6.45) is 4.00. The van der Waals surface area contributed by atoms with Crippen LogP contribution in [0.4, 0.5) is 0 Å². The summed E-state index contributed by atoms with van der Waals surface area (Å²) in [6, 6.07) is 8.87. The summed E-state index contributed by atoms with van der Waals surface area (Å²) >= 11 is 0. The minimum Gasteiger partial charge on any atom is -0.355 e. The molecule has 1 amide bonds. The number of aryl methyl sites for hydroxylation is 2. The predicted octanol–water partition coefficient (Wildman–Crippen LogP) is 2.53. The molecule has 3 nitrogen and oxygen atoms in total. The SMILES string of the molecule is Cc1ccc(CCC(=O)NCC(C)N2CCCC2)cc1. The zero-order valence-electron chi connectivity index (χ0n) is 12.7. The Balaban J connectivity index is 1.66. The molecule has 1 aliphatic heterocycles. The van der Waals surface area contributed by atoms with Crippen LogP contribution in [0.2, 0.25) is 0 Å². The molecule has 110 valence electrons. The third-order valence-electron chi connectivity index (χ3n) is 4.12. The molecular weight excluding hydrogens is 248 g/mol. The molecule has 0 spiro atoms. The normalized spacial score (nSPS) is 17.1. The van der Waals surface area contributed by atoms with E-state index in [1.807, 2.05) is 0 Å². The average molecular weight is 274 g/mol. The highest BCUT2D eigenvalue weighted by Gasteiger charge is 2.18. The molecule has 0 bridgehead atoms. The van der Waals surface area contributed by atoms with Crippen molar-refractivity contribution < 1.29 is 4.79 Å². The molecule has 0 aromatic heterocycles. The first-order chi connectivity index (χ1) is 9.65. The van der Waals surface area contributed by atoms with E-state index in [1.165, 1.54) is 37.1 Å². The van der Waals surface area contributed by atoms with Gasteiger partial charge in [0.2, 0.25) is 5.91 Å². The first-order valence-electron chi connectivity index (χ1n) is 7.71. The Bertz CT molecular complexity index is 421. The van der Waals surface area contributed by atoms with Crippen LogP contribution in [0.25, 0.3) is 0 Å². The van der Waals surface area contributed by atoms with Crippen LogP contribution in [0.5, 0.6) is 0 Å². The topological polar surface area (TPSA) is 32.3 Å². The Kier molecular flexibility index (Phi) is 5.60. The minimum atomic E-state index is 0.164. The van der Waals surface area contributed by atoms with Gasteiger partial charge in [0.05, 0.1) is 0 Å². The van der Waals surface area contributed by atoms with Crippen LogP contribution in [0.15, 0.2) is 24.3 Å². The van der Waals surface area contributed by atoms with Gasteiger partial charge in [0.25, 0.3) is 0 Å². The minimum absolute atomic E-state index is 0.164. The van der Waals surface area contributed by atoms with Gasteiger partial charge in [-0.2, -0.15) is 0 Å². The smallest absolute Gasteiger partial charge is 0.220 e. The number of rotatable bonds is 6. The van der Waals surface area contributed by atoms with Crippen molar-refractivity contribution in [3.8, 4) is 0 Å². The quantitative estimate of drug-likeness (QED) is 0.864. The molecule has 0 radical (unpaired) electrons. The number of carbonyl (C=O) groups is 1. The molecule has 20 heavy (non-hydrogen) atoms. The van der Waals surface area contributed by atoms with Gasteiger partial charge in [0, 0.05) is 19.0 Å². The lowest BCUT2D eigenvalue weighted by molar-refractivity contribution is -0.121. The Morgan fingerprint density at radius 3 is 2.55 bits per heavy atom. The molecule has 0 saturated carbocycles. The second-order valence-corrected chi connectivity index (χ2v) is 5.88. The molecular formula is C17H26N2O. The summed E-state index contributed by atoms with van der Waals surface area (Å²) < 4.78 is 0. The average Bonchev–Trinajstić information content (AvgIpc) is 2.98. The first kappa shape index (κ1) is 15.0. The van der Waals surface area contributed by atoms with Gasteiger partial charge >= 0.3 is 0 Å². The van der Waals surface area contributed by atoms with Crippen LogP contribution < -0.4 is 5.32 Å². The standard InChI is InChI=1S/C17H26N2O/c1-14-5-7-16(8-6-14)9-10-17(20)18-13-15(2)19-11-3-4-12-19/h5-8,15H,3-4,9-13H2,1-2H3,(H,18,20). The molecule has 1 aromatic rings. The van der Waals surface area contributed by atoms with Crippen LogP contribution in [-0.4, -0.2) is 36.5 Å². The van der Waals surface area contributed by atoms with Crippen LogP contribution in [0, 0.1) is 6.92 Å². The van der Waals surface area contributed by atoms with E-state index in [0.717, 1.165) is 13.0 Å².